The first kappa shape index (κ1) is 34.7. The Morgan fingerprint density at radius 1 is 0.820 bits per heavy atom. The summed E-state index contributed by atoms with van der Waals surface area (Å²) in [5.74, 6) is 3.10. The highest BCUT2D eigenvalue weighted by Crippen LogP contribution is 2.56. The molecule has 2 aromatic heterocycles. The van der Waals surface area contributed by atoms with Crippen LogP contribution in [0.25, 0.3) is 10.8 Å². The molecule has 0 spiro atoms. The summed E-state index contributed by atoms with van der Waals surface area (Å²) in [7, 11) is 3.70. The number of fused-ring (bicyclic) bond motifs is 2. The number of carbonyl (C=O) groups is 2. The molecule has 2 aromatic carbocycles. The van der Waals surface area contributed by atoms with Crippen molar-refractivity contribution in [3.05, 3.63) is 83.0 Å². The number of aryl methyl sites for hydroxylation is 4. The number of nitrogens with zero attached hydrogens (tertiary/aromatic N) is 4. The Kier molecular flexibility index (Phi) is 9.81. The SMILES string of the molecule is CC(C)C(C)C(=O)N1CCCC1c1ncc(CCc2ccc3cc(CCc4cnc(C56CCCN(C(=O)C([Si])C(C)C)C5C6)[nH]4)ccc3c2)[nH]1. The van der Waals surface area contributed by atoms with E-state index in [1.165, 1.54) is 27.6 Å². The zero-order valence-corrected chi connectivity index (χ0v) is 31.5. The van der Waals surface area contributed by atoms with E-state index in [1.54, 1.807) is 0 Å². The number of aromatic amines is 2. The number of rotatable bonds is 12. The first-order valence-corrected chi connectivity index (χ1v) is 19.5. The Hall–Kier alpha value is -3.72. The minimum Gasteiger partial charge on any atom is -0.345 e. The summed E-state index contributed by atoms with van der Waals surface area (Å²) >= 11 is 0. The minimum atomic E-state index is -0.130. The van der Waals surface area contributed by atoms with Gasteiger partial charge in [-0.25, -0.2) is 9.97 Å². The van der Waals surface area contributed by atoms with Crippen molar-refractivity contribution < 1.29 is 9.59 Å². The van der Waals surface area contributed by atoms with Crippen LogP contribution in [0.1, 0.15) is 107 Å². The lowest BCUT2D eigenvalue weighted by atomic mass is 9.94. The van der Waals surface area contributed by atoms with Crippen LogP contribution < -0.4 is 0 Å². The molecule has 0 bridgehead atoms. The molecule has 3 fully saturated rings. The summed E-state index contributed by atoms with van der Waals surface area (Å²) in [6.07, 6.45) is 12.8. The van der Waals surface area contributed by atoms with E-state index in [0.29, 0.717) is 5.92 Å². The molecule has 2 aliphatic heterocycles. The fourth-order valence-electron chi connectivity index (χ4n) is 8.27. The number of piperidine rings is 1. The Morgan fingerprint density at radius 2 is 1.46 bits per heavy atom. The van der Waals surface area contributed by atoms with Crippen LogP contribution in [-0.4, -0.2) is 70.9 Å². The van der Waals surface area contributed by atoms with Crippen molar-refractivity contribution in [3.63, 3.8) is 0 Å². The summed E-state index contributed by atoms with van der Waals surface area (Å²) in [6, 6.07) is 14.0. The van der Waals surface area contributed by atoms with Crippen LogP contribution >= 0.6 is 0 Å². The van der Waals surface area contributed by atoms with Crippen molar-refractivity contribution in [3.8, 4) is 0 Å². The van der Waals surface area contributed by atoms with Crippen LogP contribution in [0.15, 0.2) is 48.8 Å². The van der Waals surface area contributed by atoms with E-state index in [1.807, 2.05) is 24.2 Å². The molecule has 263 valence electrons. The summed E-state index contributed by atoms with van der Waals surface area (Å²) in [5, 5.41) is 2.53. The predicted octanol–water partition coefficient (Wildman–Crippen LogP) is 7.06. The summed E-state index contributed by atoms with van der Waals surface area (Å²) in [6.45, 7) is 12.1. The number of carbonyl (C=O) groups excluding carboxylic acids is 2. The topological polar surface area (TPSA) is 98.0 Å². The molecule has 1 aliphatic carbocycles. The van der Waals surface area contributed by atoms with Crippen LogP contribution in [0.2, 0.25) is 5.54 Å². The van der Waals surface area contributed by atoms with Crippen molar-refractivity contribution in [2.45, 2.75) is 115 Å². The maximum Gasteiger partial charge on any atom is 0.226 e. The van der Waals surface area contributed by atoms with E-state index in [9.17, 15) is 9.59 Å². The third-order valence-corrected chi connectivity index (χ3v) is 12.9. The van der Waals surface area contributed by atoms with Gasteiger partial charge in [-0.15, -0.1) is 0 Å². The average molecular weight is 690 g/mol. The number of benzene rings is 2. The Bertz CT molecular complexity index is 1850. The third-order valence-electron chi connectivity index (χ3n) is 12.0. The maximum absolute atomic E-state index is 13.2. The number of nitrogens with one attached hydrogen (secondary N) is 2. The van der Waals surface area contributed by atoms with Gasteiger partial charge in [0.2, 0.25) is 11.8 Å². The molecule has 5 atom stereocenters. The fraction of sp³-hybridized carbons (Fsp3) is 0.561. The van der Waals surface area contributed by atoms with E-state index < -0.39 is 0 Å². The molecular formula is C41H53N6O2Si. The van der Waals surface area contributed by atoms with Gasteiger partial charge >= 0.3 is 0 Å². The van der Waals surface area contributed by atoms with Gasteiger partial charge in [0.05, 0.1) is 11.5 Å². The molecule has 3 radical (unpaired) electrons. The molecule has 1 saturated carbocycles. The monoisotopic (exact) mass is 689 g/mol. The van der Waals surface area contributed by atoms with Crippen LogP contribution in [0.5, 0.6) is 0 Å². The van der Waals surface area contributed by atoms with Crippen molar-refractivity contribution in [2.75, 3.05) is 13.1 Å². The Balaban J connectivity index is 0.930. The second-order valence-electron chi connectivity index (χ2n) is 16.0. The number of H-pyrrole nitrogens is 2. The molecule has 7 rings (SSSR count). The van der Waals surface area contributed by atoms with Crippen molar-refractivity contribution in [2.24, 2.45) is 17.8 Å². The maximum atomic E-state index is 13.2. The van der Waals surface area contributed by atoms with E-state index in [-0.39, 0.29) is 46.7 Å². The highest BCUT2D eigenvalue weighted by Gasteiger charge is 2.62. The van der Waals surface area contributed by atoms with Gasteiger partial charge in [-0.05, 0) is 91.5 Å². The first-order valence-electron chi connectivity index (χ1n) is 19.0. The zero-order chi connectivity index (χ0) is 35.2. The smallest absolute Gasteiger partial charge is 0.226 e. The number of hydrogen-bond acceptors (Lipinski definition) is 4. The van der Waals surface area contributed by atoms with Crippen molar-refractivity contribution in [1.29, 1.82) is 0 Å². The minimum absolute atomic E-state index is 0.000992. The number of imidazole rings is 2. The normalized spacial score (nSPS) is 23.1. The average Bonchev–Trinajstić information content (AvgIpc) is 3.52. The summed E-state index contributed by atoms with van der Waals surface area (Å²) in [5.41, 5.74) is 4.79. The van der Waals surface area contributed by atoms with Gasteiger partial charge in [0.25, 0.3) is 0 Å². The van der Waals surface area contributed by atoms with E-state index in [4.69, 9.17) is 9.97 Å². The molecule has 2 saturated heterocycles. The molecule has 4 aromatic rings. The van der Waals surface area contributed by atoms with Gasteiger partial charge in [-0.1, -0.05) is 71.0 Å². The highest BCUT2D eigenvalue weighted by molar-refractivity contribution is 6.24. The van der Waals surface area contributed by atoms with Crippen LogP contribution in [0.3, 0.4) is 0 Å². The largest absolute Gasteiger partial charge is 0.345 e. The van der Waals surface area contributed by atoms with Crippen molar-refractivity contribution in [1.82, 2.24) is 29.7 Å². The van der Waals surface area contributed by atoms with Crippen molar-refractivity contribution >= 4 is 32.8 Å². The Labute approximate surface area is 300 Å². The van der Waals surface area contributed by atoms with Gasteiger partial charge in [0.1, 0.15) is 11.6 Å². The summed E-state index contributed by atoms with van der Waals surface area (Å²) < 4.78 is 0. The van der Waals surface area contributed by atoms with Crippen LogP contribution in [0.4, 0.5) is 0 Å². The molecule has 5 unspecified atom stereocenters. The summed E-state index contributed by atoms with van der Waals surface area (Å²) in [4.78, 5) is 47.2. The highest BCUT2D eigenvalue weighted by atomic mass is 28.1. The first-order chi connectivity index (χ1) is 24.0. The zero-order valence-electron chi connectivity index (χ0n) is 30.5. The fourth-order valence-corrected chi connectivity index (χ4v) is 8.44. The van der Waals surface area contributed by atoms with Crippen LogP contribution in [0, 0.1) is 17.8 Å². The quantitative estimate of drug-likeness (QED) is 0.156. The Morgan fingerprint density at radius 3 is 2.12 bits per heavy atom. The standard InChI is InChI=1S/C41H53N6O2Si/c1-25(2)27(5)38(48)46-18-6-8-34(46)37-42-23-32(44-37)15-11-28-9-13-31-21-29(10-14-30(31)20-28)12-16-33-24-43-40(45-33)41-17-7-19-47(35(41)22-41)39(49)36(50)26(3)4/h9-10,13-14,20-21,23-27,34-36H,6-8,11-12,15-19,22H2,1-5H3,(H,42,44)(H,43,45). The van der Waals surface area contributed by atoms with E-state index in [0.717, 1.165) is 88.2 Å². The lowest BCUT2D eigenvalue weighted by Crippen LogP contribution is -2.44. The lowest BCUT2D eigenvalue weighted by Gasteiger charge is -2.34. The second-order valence-corrected chi connectivity index (χ2v) is 16.6. The third kappa shape index (κ3) is 6.82. The van der Waals surface area contributed by atoms with Gasteiger partial charge in [-0.2, -0.15) is 0 Å². The molecule has 4 heterocycles. The molecular weight excluding hydrogens is 637 g/mol. The molecule has 8 nitrogen and oxygen atoms in total. The number of likely N-dealkylation sites (tertiary alicyclic amines) is 2. The predicted molar refractivity (Wildman–Crippen MR) is 199 cm³/mol. The lowest BCUT2D eigenvalue weighted by molar-refractivity contribution is -0.137. The number of amides is 2. The molecule has 50 heavy (non-hydrogen) atoms. The molecule has 9 heteroatoms. The van der Waals surface area contributed by atoms with Gasteiger partial charge in [0.15, 0.2) is 0 Å². The molecule has 3 aliphatic rings. The van der Waals surface area contributed by atoms with E-state index >= 15 is 0 Å². The number of aromatic nitrogens is 4. The van der Waals surface area contributed by atoms with E-state index in [2.05, 4.69) is 89.2 Å². The number of hydrogen-bond donors (Lipinski definition) is 2. The van der Waals surface area contributed by atoms with Crippen LogP contribution in [-0.2, 0) is 40.7 Å². The van der Waals surface area contributed by atoms with Gasteiger partial charge < -0.3 is 19.8 Å². The van der Waals surface area contributed by atoms with Gasteiger partial charge in [0, 0.05) is 64.6 Å². The molecule has 2 amide bonds. The molecule has 2 N–H and O–H groups in total. The van der Waals surface area contributed by atoms with Gasteiger partial charge in [-0.3, -0.25) is 9.59 Å². The second kappa shape index (κ2) is 14.1.